The first-order chi connectivity index (χ1) is 25.7. The first-order valence-corrected chi connectivity index (χ1v) is 16.3. The van der Waals surface area contributed by atoms with Crippen LogP contribution >= 0.6 is 23.2 Å². The molecule has 56 heavy (non-hydrogen) atoms. The van der Waals surface area contributed by atoms with Crippen molar-refractivity contribution in [3.63, 3.8) is 0 Å². The van der Waals surface area contributed by atoms with Crippen molar-refractivity contribution in [3.8, 4) is 22.8 Å². The van der Waals surface area contributed by atoms with Gasteiger partial charge in [-0.2, -0.15) is 10.4 Å². The summed E-state index contributed by atoms with van der Waals surface area (Å²) in [6.07, 6.45) is 7.14. The average Bonchev–Trinajstić information content (AvgIpc) is 3.90. The number of fused-ring (bicyclic) bond motifs is 2. The Labute approximate surface area is 337 Å². The van der Waals surface area contributed by atoms with Crippen molar-refractivity contribution in [2.24, 2.45) is 0 Å². The number of methoxy groups -OCH3 is 1. The van der Waals surface area contributed by atoms with E-state index in [2.05, 4.69) is 61.2 Å². The summed E-state index contributed by atoms with van der Waals surface area (Å²) in [5.41, 5.74) is 6.72. The maximum atomic E-state index is 11.7. The molecular formula is C35H27Cl2LiN12O6. The molecule has 6 aromatic heterocycles. The molecule has 21 heteroatoms. The smallest absolute Gasteiger partial charge is 0.870 e. The number of ether oxygens (including phenoxy) is 1. The molecule has 18 nitrogen and oxygen atoms in total. The number of aromatic amines is 2. The fraction of sp³-hybridized carbons (Fsp3) is 0.0857. The minimum atomic E-state index is -0.990. The molecule has 0 fully saturated rings. The van der Waals surface area contributed by atoms with E-state index in [1.165, 1.54) is 19.4 Å². The van der Waals surface area contributed by atoms with Gasteiger partial charge in [-0.3, -0.25) is 19.9 Å². The predicted molar refractivity (Wildman–Crippen MR) is 198 cm³/mol. The maximum absolute atomic E-state index is 11.7. The molecular weight excluding hydrogens is 762 g/mol. The van der Waals surface area contributed by atoms with Crippen LogP contribution in [0.2, 0.25) is 10.0 Å². The van der Waals surface area contributed by atoms with Gasteiger partial charge in [0.1, 0.15) is 0 Å². The zero-order valence-electron chi connectivity index (χ0n) is 29.3. The third-order valence-corrected chi connectivity index (χ3v) is 8.28. The van der Waals surface area contributed by atoms with Gasteiger partial charge in [-0.25, -0.2) is 9.59 Å². The number of carboxylic acids is 1. The number of pyridine rings is 4. The van der Waals surface area contributed by atoms with Gasteiger partial charge < -0.3 is 20.8 Å². The largest absolute Gasteiger partial charge is 1.00 e. The molecule has 0 bridgehead atoms. The van der Waals surface area contributed by atoms with Gasteiger partial charge in [-0.1, -0.05) is 23.2 Å². The Balaban J connectivity index is 0.000000236. The second kappa shape index (κ2) is 18.9. The number of carboxylic acid groups (broad SMARTS) is 1. The van der Waals surface area contributed by atoms with E-state index < -0.39 is 11.9 Å². The van der Waals surface area contributed by atoms with Crippen molar-refractivity contribution in [2.45, 2.75) is 12.8 Å². The summed E-state index contributed by atoms with van der Waals surface area (Å²) in [6, 6.07) is 17.7. The second-order valence-corrected chi connectivity index (χ2v) is 12.3. The van der Waals surface area contributed by atoms with E-state index >= 15 is 0 Å². The molecule has 2 aromatic carbocycles. The van der Waals surface area contributed by atoms with Gasteiger partial charge in [-0.15, -0.1) is 20.4 Å². The molecule has 6 heterocycles. The third kappa shape index (κ3) is 9.69. The van der Waals surface area contributed by atoms with Crippen LogP contribution in [-0.2, 0) is 17.6 Å². The number of hydrogen-bond donors (Lipinski definition) is 3. The van der Waals surface area contributed by atoms with Gasteiger partial charge in [0.25, 0.3) is 0 Å². The number of carbonyl (C=O) groups excluding carboxylic acids is 1. The third-order valence-electron chi connectivity index (χ3n) is 7.86. The number of nitrogens with one attached hydrogen (secondary N) is 2. The van der Waals surface area contributed by atoms with Crippen molar-refractivity contribution in [1.82, 2.24) is 61.2 Å². The molecule has 6 N–H and O–H groups in total. The number of halogens is 2. The van der Waals surface area contributed by atoms with Gasteiger partial charge in [0.2, 0.25) is 11.6 Å². The molecule has 0 spiro atoms. The number of aromatic carboxylic acids is 1. The number of nitrogens with zero attached hydrogens (tertiary/aromatic N) is 10. The van der Waals surface area contributed by atoms with E-state index in [-0.39, 0.29) is 35.4 Å². The fourth-order valence-corrected chi connectivity index (χ4v) is 5.95. The second-order valence-electron chi connectivity index (χ2n) is 11.4. The van der Waals surface area contributed by atoms with Crippen LogP contribution in [0.4, 0.5) is 0 Å². The van der Waals surface area contributed by atoms with Crippen LogP contribution in [0.15, 0.2) is 85.5 Å². The van der Waals surface area contributed by atoms with Gasteiger partial charge in [-0.05, 0) is 82.2 Å². The summed E-state index contributed by atoms with van der Waals surface area (Å²) in [7, 11) is 1.35. The minimum absolute atomic E-state index is 0. The first-order valence-electron chi connectivity index (χ1n) is 15.6. The Hall–Kier alpha value is -6.26. The van der Waals surface area contributed by atoms with Crippen LogP contribution in [0.3, 0.4) is 0 Å². The Bertz CT molecular complexity index is 2620. The summed E-state index contributed by atoms with van der Waals surface area (Å²) in [5.74, 6) is -0.539. The minimum Gasteiger partial charge on any atom is -0.870 e. The van der Waals surface area contributed by atoms with Crippen LogP contribution in [0.5, 0.6) is 0 Å². The average molecular weight is 790 g/mol. The molecule has 0 unspecified atom stereocenters. The van der Waals surface area contributed by atoms with Crippen molar-refractivity contribution in [2.75, 3.05) is 7.11 Å². The van der Waals surface area contributed by atoms with Gasteiger partial charge in [0.05, 0.1) is 39.3 Å². The topological polar surface area (TPSA) is 286 Å². The monoisotopic (exact) mass is 788 g/mol. The molecule has 0 saturated heterocycles. The van der Waals surface area contributed by atoms with Gasteiger partial charge in [0.15, 0.2) is 0 Å². The number of esters is 1. The Morgan fingerprint density at radius 1 is 0.696 bits per heavy atom. The van der Waals surface area contributed by atoms with Crippen molar-refractivity contribution in [1.29, 1.82) is 0 Å². The van der Waals surface area contributed by atoms with E-state index in [0.717, 1.165) is 38.7 Å². The summed E-state index contributed by atoms with van der Waals surface area (Å²) < 4.78 is 4.76. The summed E-state index contributed by atoms with van der Waals surface area (Å²) >= 11 is 12.2. The molecule has 0 aliphatic rings. The maximum Gasteiger partial charge on any atom is 1.00 e. The molecule has 0 amide bonds. The molecule has 0 saturated carbocycles. The molecule has 8 aromatic rings. The van der Waals surface area contributed by atoms with Crippen LogP contribution in [0, 0.1) is 0 Å². The molecule has 0 radical (unpaired) electrons. The van der Waals surface area contributed by atoms with Crippen molar-refractivity contribution in [3.05, 3.63) is 129 Å². The van der Waals surface area contributed by atoms with E-state index in [9.17, 15) is 9.59 Å². The molecule has 0 atom stereocenters. The van der Waals surface area contributed by atoms with Crippen LogP contribution in [0.25, 0.3) is 44.6 Å². The summed E-state index contributed by atoms with van der Waals surface area (Å²) in [6.45, 7) is 0. The SMILES string of the molecule is COC(=O)c1ccnc(Cc2cc(-c3nn[nH]n3)c3ncc(Cl)cc3c2)c1.O.O=C(O)c1ccnc(Cc2cc(-c3nn[nH]n3)c3ncc(Cl)cc3c2)c1.[Li+].[OH-]. The fourth-order valence-electron chi connectivity index (χ4n) is 5.61. The summed E-state index contributed by atoms with van der Waals surface area (Å²) in [5, 5.41) is 40.1. The molecule has 278 valence electrons. The Kier molecular flexibility index (Phi) is 14.3. The van der Waals surface area contributed by atoms with Gasteiger partial charge >= 0.3 is 30.8 Å². The zero-order valence-corrected chi connectivity index (χ0v) is 30.9. The number of hydrogen-bond acceptors (Lipinski definition) is 14. The summed E-state index contributed by atoms with van der Waals surface area (Å²) in [4.78, 5) is 40.3. The van der Waals surface area contributed by atoms with E-state index in [1.807, 2.05) is 30.3 Å². The molecule has 8 rings (SSSR count). The standard InChI is InChI=1S/C18H13ClN6O2.C17H11ClN6O2.Li.2H2O/c1-27-18(26)11-2-3-20-14(8-11)5-10-4-12-7-13(19)9-21-16(12)15(6-10)17-22-24-25-23-17;18-12-6-11-3-9(4-13-7-10(17(25)26)1-2-19-13)5-14(15(11)20-8-12)16-21-23-24-22-16;;;/h2-4,6-9H,5H2,1H3,(H,22,23,24,25);1-3,5-8H,4H2,(H,25,26)(H,21,22,23,24);;2*1H2/q;;+1;;/p-1. The van der Waals surface area contributed by atoms with Crippen molar-refractivity contribution >= 4 is 56.9 Å². The van der Waals surface area contributed by atoms with Crippen LogP contribution in [0.1, 0.15) is 43.2 Å². The predicted octanol–water partition coefficient (Wildman–Crippen LogP) is 1.60. The van der Waals surface area contributed by atoms with Crippen molar-refractivity contribution < 1.29 is 49.2 Å². The Morgan fingerprint density at radius 3 is 1.59 bits per heavy atom. The Morgan fingerprint density at radius 2 is 1.16 bits per heavy atom. The number of H-pyrrole nitrogens is 2. The number of carbonyl (C=O) groups is 2. The number of tetrazole rings is 2. The quantitative estimate of drug-likeness (QED) is 0.146. The molecule has 0 aliphatic carbocycles. The van der Waals surface area contributed by atoms with Crippen LogP contribution in [-0.4, -0.2) is 96.3 Å². The van der Waals surface area contributed by atoms with E-state index in [4.69, 9.17) is 33.0 Å². The van der Waals surface area contributed by atoms with Crippen LogP contribution < -0.4 is 18.9 Å². The normalized spacial score (nSPS) is 10.3. The number of rotatable bonds is 8. The van der Waals surface area contributed by atoms with E-state index in [0.29, 0.717) is 56.9 Å². The number of benzene rings is 2. The first kappa shape index (κ1) is 42.5. The van der Waals surface area contributed by atoms with E-state index in [1.54, 1.807) is 42.9 Å². The molecule has 0 aliphatic heterocycles. The van der Waals surface area contributed by atoms with Gasteiger partial charge in [0, 0.05) is 70.9 Å². The number of aromatic nitrogens is 12. The zero-order chi connectivity index (χ0) is 36.9.